The highest BCUT2D eigenvalue weighted by atomic mass is 32.1. The molecule has 168 valence electrons. The van der Waals surface area contributed by atoms with Crippen LogP contribution < -0.4 is 10.6 Å². The SMILES string of the molecule is O=C(NC(=S)Nc1ccc2nn(-c3cccc4ccccc34)nc2c1)c1cccc2ccccc12. The lowest BCUT2D eigenvalue weighted by Gasteiger charge is -2.11. The quantitative estimate of drug-likeness (QED) is 0.315. The first-order valence-corrected chi connectivity index (χ1v) is 11.5. The summed E-state index contributed by atoms with van der Waals surface area (Å²) in [5.74, 6) is -0.262. The number of anilines is 1. The van der Waals surface area contributed by atoms with Gasteiger partial charge < -0.3 is 5.32 Å². The second kappa shape index (κ2) is 8.62. The number of thiocarbonyl (C=S) groups is 1. The van der Waals surface area contributed by atoms with Crippen LogP contribution in [0.5, 0.6) is 0 Å². The molecule has 6 nitrogen and oxygen atoms in total. The molecule has 7 heteroatoms. The first kappa shape index (κ1) is 20.9. The third-order valence-electron chi connectivity index (χ3n) is 5.88. The van der Waals surface area contributed by atoms with Crippen LogP contribution in [0.4, 0.5) is 5.69 Å². The lowest BCUT2D eigenvalue weighted by molar-refractivity contribution is 0.0979. The molecule has 1 aromatic heterocycles. The predicted molar refractivity (Wildman–Crippen MR) is 144 cm³/mol. The van der Waals surface area contributed by atoms with Crippen molar-refractivity contribution in [3.05, 3.63) is 109 Å². The smallest absolute Gasteiger partial charge is 0.258 e. The number of benzene rings is 5. The molecular weight excluding hydrogens is 454 g/mol. The topological polar surface area (TPSA) is 71.8 Å². The highest BCUT2D eigenvalue weighted by Crippen LogP contribution is 2.23. The van der Waals surface area contributed by atoms with Gasteiger partial charge in [-0.05, 0) is 58.7 Å². The fourth-order valence-electron chi connectivity index (χ4n) is 4.24. The molecule has 0 radical (unpaired) electrons. The first-order valence-electron chi connectivity index (χ1n) is 11.1. The van der Waals surface area contributed by atoms with E-state index in [9.17, 15) is 4.79 Å². The summed E-state index contributed by atoms with van der Waals surface area (Å²) in [5.41, 5.74) is 3.67. The molecule has 6 aromatic rings. The van der Waals surface area contributed by atoms with E-state index in [0.717, 1.165) is 32.7 Å². The monoisotopic (exact) mass is 473 g/mol. The highest BCUT2D eigenvalue weighted by Gasteiger charge is 2.13. The van der Waals surface area contributed by atoms with Crippen molar-refractivity contribution in [2.75, 3.05) is 5.32 Å². The van der Waals surface area contributed by atoms with Gasteiger partial charge in [0.05, 0.1) is 5.69 Å². The van der Waals surface area contributed by atoms with Crippen molar-refractivity contribution in [2.45, 2.75) is 0 Å². The van der Waals surface area contributed by atoms with E-state index >= 15 is 0 Å². The van der Waals surface area contributed by atoms with Crippen LogP contribution in [0, 0.1) is 0 Å². The summed E-state index contributed by atoms with van der Waals surface area (Å²) in [6.07, 6.45) is 0. The van der Waals surface area contributed by atoms with Crippen LogP contribution in [-0.2, 0) is 0 Å². The number of hydrogen-bond acceptors (Lipinski definition) is 4. The number of carbonyl (C=O) groups excluding carboxylic acids is 1. The zero-order valence-corrected chi connectivity index (χ0v) is 19.3. The lowest BCUT2D eigenvalue weighted by atomic mass is 10.0. The molecule has 6 rings (SSSR count). The summed E-state index contributed by atoms with van der Waals surface area (Å²) in [6, 6.07) is 33.2. The maximum Gasteiger partial charge on any atom is 0.258 e. The molecular formula is C28H19N5OS. The number of aromatic nitrogens is 3. The molecule has 0 spiro atoms. The molecule has 0 saturated carbocycles. The van der Waals surface area contributed by atoms with E-state index in [0.29, 0.717) is 16.8 Å². The standard InChI is InChI=1S/C28H19N5OS/c34-27(23-13-5-9-18-7-1-3-11-21(18)23)30-28(35)29-20-15-16-24-25(17-20)32-33(31-24)26-14-6-10-19-8-2-4-12-22(19)26/h1-17H,(H2,29,30,34,35). The van der Waals surface area contributed by atoms with Crippen LogP contribution in [0.25, 0.3) is 38.3 Å². The van der Waals surface area contributed by atoms with Gasteiger partial charge in [0.25, 0.3) is 5.91 Å². The average Bonchev–Trinajstić information content (AvgIpc) is 3.31. The summed E-state index contributed by atoms with van der Waals surface area (Å²) in [7, 11) is 0. The number of fused-ring (bicyclic) bond motifs is 3. The van der Waals surface area contributed by atoms with Gasteiger partial charge in [-0.2, -0.15) is 0 Å². The van der Waals surface area contributed by atoms with Crippen LogP contribution in [0.1, 0.15) is 10.4 Å². The maximum atomic E-state index is 12.9. The van der Waals surface area contributed by atoms with Crippen LogP contribution in [0.2, 0.25) is 0 Å². The van der Waals surface area contributed by atoms with Crippen molar-refractivity contribution < 1.29 is 4.79 Å². The van der Waals surface area contributed by atoms with Gasteiger partial charge in [0.2, 0.25) is 0 Å². The molecule has 35 heavy (non-hydrogen) atoms. The zero-order chi connectivity index (χ0) is 23.8. The Morgan fingerprint density at radius 1 is 0.714 bits per heavy atom. The molecule has 0 atom stereocenters. The van der Waals surface area contributed by atoms with Crippen molar-refractivity contribution in [1.82, 2.24) is 20.3 Å². The molecule has 0 aliphatic carbocycles. The van der Waals surface area contributed by atoms with Gasteiger partial charge in [-0.1, -0.05) is 72.8 Å². The van der Waals surface area contributed by atoms with Crippen molar-refractivity contribution >= 4 is 61.5 Å². The fraction of sp³-hybridized carbons (Fsp3) is 0. The molecule has 0 unspecified atom stereocenters. The summed E-state index contributed by atoms with van der Waals surface area (Å²) in [5, 5.41) is 19.5. The third kappa shape index (κ3) is 3.98. The van der Waals surface area contributed by atoms with Crippen LogP contribution in [-0.4, -0.2) is 26.0 Å². The molecule has 0 aliphatic heterocycles. The second-order valence-electron chi connectivity index (χ2n) is 8.13. The average molecular weight is 474 g/mol. The van der Waals surface area contributed by atoms with Gasteiger partial charge >= 0.3 is 0 Å². The van der Waals surface area contributed by atoms with Gasteiger partial charge in [0.15, 0.2) is 5.11 Å². The number of nitrogens with one attached hydrogen (secondary N) is 2. The third-order valence-corrected chi connectivity index (χ3v) is 6.09. The van der Waals surface area contributed by atoms with Crippen molar-refractivity contribution in [3.63, 3.8) is 0 Å². The van der Waals surface area contributed by atoms with E-state index < -0.39 is 0 Å². The van der Waals surface area contributed by atoms with E-state index in [2.05, 4.69) is 39.0 Å². The van der Waals surface area contributed by atoms with E-state index in [4.69, 9.17) is 12.2 Å². The van der Waals surface area contributed by atoms with Gasteiger partial charge in [0.1, 0.15) is 11.0 Å². The van der Waals surface area contributed by atoms with Gasteiger partial charge in [-0.15, -0.1) is 15.0 Å². The Kier molecular flexibility index (Phi) is 5.16. The Morgan fingerprint density at radius 2 is 1.37 bits per heavy atom. The van der Waals surface area contributed by atoms with Crippen LogP contribution in [0.3, 0.4) is 0 Å². The molecule has 0 saturated heterocycles. The normalized spacial score (nSPS) is 11.1. The molecule has 1 heterocycles. The molecule has 0 bridgehead atoms. The van der Waals surface area contributed by atoms with Crippen LogP contribution >= 0.6 is 12.2 Å². The Balaban J connectivity index is 1.23. The predicted octanol–water partition coefficient (Wildman–Crippen LogP) is 5.85. The molecule has 0 aliphatic rings. The van der Waals surface area contributed by atoms with Gasteiger partial charge in [-0.3, -0.25) is 10.1 Å². The molecule has 1 amide bonds. The number of amides is 1. The number of carbonyl (C=O) groups is 1. The summed E-state index contributed by atoms with van der Waals surface area (Å²) in [4.78, 5) is 14.5. The lowest BCUT2D eigenvalue weighted by Crippen LogP contribution is -2.34. The fourth-order valence-corrected chi connectivity index (χ4v) is 4.45. The summed E-state index contributed by atoms with van der Waals surface area (Å²) >= 11 is 5.41. The van der Waals surface area contributed by atoms with E-state index in [1.807, 2.05) is 78.9 Å². The number of rotatable bonds is 3. The Hall–Kier alpha value is -4.62. The van der Waals surface area contributed by atoms with Gasteiger partial charge in [0, 0.05) is 16.6 Å². The minimum Gasteiger partial charge on any atom is -0.332 e. The Morgan fingerprint density at radius 3 is 2.20 bits per heavy atom. The largest absolute Gasteiger partial charge is 0.332 e. The summed E-state index contributed by atoms with van der Waals surface area (Å²) in [6.45, 7) is 0. The Bertz CT molecular complexity index is 1750. The Labute approximate surface area is 206 Å². The van der Waals surface area contributed by atoms with E-state index in [1.165, 1.54) is 0 Å². The first-order chi connectivity index (χ1) is 17.2. The van der Waals surface area contributed by atoms with E-state index in [-0.39, 0.29) is 11.0 Å². The highest BCUT2D eigenvalue weighted by molar-refractivity contribution is 7.80. The van der Waals surface area contributed by atoms with Crippen molar-refractivity contribution in [3.8, 4) is 5.69 Å². The molecule has 2 N–H and O–H groups in total. The minimum atomic E-state index is -0.262. The molecule has 5 aromatic carbocycles. The van der Waals surface area contributed by atoms with Crippen molar-refractivity contribution in [1.29, 1.82) is 0 Å². The number of hydrogen-bond donors (Lipinski definition) is 2. The second-order valence-corrected chi connectivity index (χ2v) is 8.53. The maximum absolute atomic E-state index is 12.9. The van der Waals surface area contributed by atoms with Gasteiger partial charge in [-0.25, -0.2) is 0 Å². The summed E-state index contributed by atoms with van der Waals surface area (Å²) < 4.78 is 0. The zero-order valence-electron chi connectivity index (χ0n) is 18.5. The van der Waals surface area contributed by atoms with E-state index in [1.54, 1.807) is 10.9 Å². The van der Waals surface area contributed by atoms with Crippen molar-refractivity contribution in [2.24, 2.45) is 0 Å². The van der Waals surface area contributed by atoms with Crippen LogP contribution in [0.15, 0.2) is 103 Å². The minimum absolute atomic E-state index is 0.212. The molecule has 0 fully saturated rings. The number of nitrogens with zero attached hydrogens (tertiary/aromatic N) is 3.